The van der Waals surface area contributed by atoms with Crippen LogP contribution < -0.4 is 5.32 Å². The molecule has 0 unspecified atom stereocenters. The maximum Gasteiger partial charge on any atom is 0.341 e. The van der Waals surface area contributed by atoms with Crippen molar-refractivity contribution in [2.24, 2.45) is 0 Å². The Bertz CT molecular complexity index is 423. The predicted octanol–water partition coefficient (Wildman–Crippen LogP) is 0.588. The summed E-state index contributed by atoms with van der Waals surface area (Å²) < 4.78 is 4.99. The topological polar surface area (TPSA) is 64.1 Å². The standard InChI is InChI=1S/C10H13N3O2S/c1-2-15-10(14)8-6-5-11-4-3-7(6)12-13-9(8)16/h11H,2-5H2,1H3,(H,13,16). The Morgan fingerprint density at radius 1 is 1.56 bits per heavy atom. The Morgan fingerprint density at radius 3 is 3.12 bits per heavy atom. The number of hydrogen-bond donors (Lipinski definition) is 2. The fourth-order valence-electron chi connectivity index (χ4n) is 1.73. The molecule has 86 valence electrons. The highest BCUT2D eigenvalue weighted by Gasteiger charge is 2.23. The highest BCUT2D eigenvalue weighted by atomic mass is 32.1. The van der Waals surface area contributed by atoms with E-state index in [1.165, 1.54) is 0 Å². The van der Waals surface area contributed by atoms with Crippen molar-refractivity contribution in [3.05, 3.63) is 16.8 Å². The summed E-state index contributed by atoms with van der Waals surface area (Å²) in [5.74, 6) is -0.373. The molecule has 0 saturated heterocycles. The van der Waals surface area contributed by atoms with E-state index in [0.717, 1.165) is 24.2 Å². The van der Waals surface area contributed by atoms with Gasteiger partial charge in [-0.15, -0.1) is 17.7 Å². The van der Waals surface area contributed by atoms with Gasteiger partial charge in [0, 0.05) is 25.1 Å². The fraction of sp³-hybridized carbons (Fsp3) is 0.500. The molecule has 0 spiro atoms. The zero-order valence-electron chi connectivity index (χ0n) is 8.99. The molecule has 0 aliphatic carbocycles. The van der Waals surface area contributed by atoms with Gasteiger partial charge in [-0.3, -0.25) is 0 Å². The van der Waals surface area contributed by atoms with Crippen molar-refractivity contribution in [1.29, 1.82) is 0 Å². The summed E-state index contributed by atoms with van der Waals surface area (Å²) in [6, 6.07) is 0. The van der Waals surface area contributed by atoms with Crippen LogP contribution in [0, 0.1) is 0 Å². The van der Waals surface area contributed by atoms with Crippen LogP contribution in [0.25, 0.3) is 0 Å². The first-order valence-corrected chi connectivity index (χ1v) is 5.64. The summed E-state index contributed by atoms with van der Waals surface area (Å²) in [5, 5.41) is 11.5. The van der Waals surface area contributed by atoms with Crippen LogP contribution in [-0.4, -0.2) is 29.3 Å². The van der Waals surface area contributed by atoms with Crippen molar-refractivity contribution >= 4 is 18.6 Å². The molecule has 6 heteroatoms. The van der Waals surface area contributed by atoms with E-state index in [-0.39, 0.29) is 5.97 Å². The van der Waals surface area contributed by atoms with Crippen molar-refractivity contribution in [3.8, 4) is 0 Å². The van der Waals surface area contributed by atoms with Crippen LogP contribution in [0.3, 0.4) is 0 Å². The number of thiol groups is 1. The Hall–Kier alpha value is -1.14. The number of fused-ring (bicyclic) bond motifs is 1. The molecule has 16 heavy (non-hydrogen) atoms. The van der Waals surface area contributed by atoms with E-state index in [1.807, 2.05) is 0 Å². The average Bonchev–Trinajstić information content (AvgIpc) is 2.29. The van der Waals surface area contributed by atoms with E-state index in [2.05, 4.69) is 28.1 Å². The third-order valence-corrected chi connectivity index (χ3v) is 2.77. The molecular weight excluding hydrogens is 226 g/mol. The van der Waals surface area contributed by atoms with Crippen molar-refractivity contribution in [2.45, 2.75) is 24.9 Å². The lowest BCUT2D eigenvalue weighted by Crippen LogP contribution is -2.28. The van der Waals surface area contributed by atoms with E-state index in [4.69, 9.17) is 4.74 Å². The van der Waals surface area contributed by atoms with Crippen molar-refractivity contribution < 1.29 is 9.53 Å². The maximum absolute atomic E-state index is 11.8. The van der Waals surface area contributed by atoms with Gasteiger partial charge < -0.3 is 10.1 Å². The smallest absolute Gasteiger partial charge is 0.341 e. The summed E-state index contributed by atoms with van der Waals surface area (Å²) >= 11 is 4.16. The molecule has 0 amide bonds. The summed E-state index contributed by atoms with van der Waals surface area (Å²) in [4.78, 5) is 11.8. The monoisotopic (exact) mass is 239 g/mol. The summed E-state index contributed by atoms with van der Waals surface area (Å²) in [6.45, 7) is 3.59. The summed E-state index contributed by atoms with van der Waals surface area (Å²) in [7, 11) is 0. The van der Waals surface area contributed by atoms with E-state index < -0.39 is 0 Å². The van der Waals surface area contributed by atoms with Gasteiger partial charge in [0.2, 0.25) is 0 Å². The Morgan fingerprint density at radius 2 is 2.38 bits per heavy atom. The molecule has 0 atom stereocenters. The van der Waals surface area contributed by atoms with Crippen molar-refractivity contribution in [1.82, 2.24) is 15.5 Å². The Labute approximate surface area is 99.0 Å². The third kappa shape index (κ3) is 2.03. The highest BCUT2D eigenvalue weighted by Crippen LogP contribution is 2.21. The number of nitrogens with one attached hydrogen (secondary N) is 1. The first-order valence-electron chi connectivity index (χ1n) is 5.19. The van der Waals surface area contributed by atoms with Crippen LogP contribution in [0.5, 0.6) is 0 Å². The number of carbonyl (C=O) groups excluding carboxylic acids is 1. The highest BCUT2D eigenvalue weighted by molar-refractivity contribution is 7.80. The minimum atomic E-state index is -0.373. The van der Waals surface area contributed by atoms with Crippen LogP contribution in [0.15, 0.2) is 5.03 Å². The van der Waals surface area contributed by atoms with E-state index >= 15 is 0 Å². The number of aromatic nitrogens is 2. The van der Waals surface area contributed by atoms with Gasteiger partial charge in [-0.2, -0.15) is 5.10 Å². The number of ether oxygens (including phenoxy) is 1. The van der Waals surface area contributed by atoms with Crippen LogP contribution in [0.4, 0.5) is 0 Å². The molecule has 2 heterocycles. The van der Waals surface area contributed by atoms with E-state index in [0.29, 0.717) is 23.7 Å². The van der Waals surface area contributed by atoms with Gasteiger partial charge in [-0.1, -0.05) is 0 Å². The van der Waals surface area contributed by atoms with Crippen molar-refractivity contribution in [2.75, 3.05) is 13.2 Å². The minimum Gasteiger partial charge on any atom is -0.462 e. The lowest BCUT2D eigenvalue weighted by molar-refractivity contribution is 0.0519. The second kappa shape index (κ2) is 4.80. The van der Waals surface area contributed by atoms with Gasteiger partial charge in [0.25, 0.3) is 0 Å². The number of nitrogens with zero attached hydrogens (tertiary/aromatic N) is 2. The molecule has 0 aromatic carbocycles. The van der Waals surface area contributed by atoms with Gasteiger partial charge in [0.05, 0.1) is 17.9 Å². The molecule has 1 aliphatic heterocycles. The third-order valence-electron chi connectivity index (χ3n) is 2.46. The Kier molecular flexibility index (Phi) is 3.40. The van der Waals surface area contributed by atoms with Gasteiger partial charge in [-0.05, 0) is 6.92 Å². The number of rotatable bonds is 2. The van der Waals surface area contributed by atoms with Crippen LogP contribution >= 0.6 is 12.6 Å². The first kappa shape index (κ1) is 11.3. The second-order valence-electron chi connectivity index (χ2n) is 3.47. The van der Waals surface area contributed by atoms with Gasteiger partial charge >= 0.3 is 5.97 Å². The maximum atomic E-state index is 11.8. The Balaban J connectivity index is 2.45. The molecular formula is C10H13N3O2S. The molecule has 1 N–H and O–H groups in total. The molecule has 1 aromatic heterocycles. The largest absolute Gasteiger partial charge is 0.462 e. The molecule has 1 aromatic rings. The zero-order valence-corrected chi connectivity index (χ0v) is 9.88. The van der Waals surface area contributed by atoms with Crippen molar-refractivity contribution in [3.63, 3.8) is 0 Å². The quantitative estimate of drug-likeness (QED) is 0.584. The van der Waals surface area contributed by atoms with E-state index in [9.17, 15) is 4.79 Å². The summed E-state index contributed by atoms with van der Waals surface area (Å²) in [6.07, 6.45) is 0.781. The zero-order chi connectivity index (χ0) is 11.5. The lowest BCUT2D eigenvalue weighted by Gasteiger charge is -2.18. The second-order valence-corrected chi connectivity index (χ2v) is 3.89. The number of hydrogen-bond acceptors (Lipinski definition) is 6. The predicted molar refractivity (Wildman–Crippen MR) is 60.7 cm³/mol. The molecule has 2 rings (SSSR count). The van der Waals surface area contributed by atoms with Gasteiger partial charge in [0.15, 0.2) is 0 Å². The molecule has 0 radical (unpaired) electrons. The SMILES string of the molecule is CCOC(=O)c1c(S)nnc2c1CNCC2. The van der Waals surface area contributed by atoms with Crippen LogP contribution in [0.1, 0.15) is 28.5 Å². The molecule has 0 bridgehead atoms. The molecule has 5 nitrogen and oxygen atoms in total. The number of carbonyl (C=O) groups is 1. The van der Waals surface area contributed by atoms with E-state index in [1.54, 1.807) is 6.92 Å². The lowest BCUT2D eigenvalue weighted by atomic mass is 10.0. The number of esters is 1. The molecule has 0 fully saturated rings. The first-order chi connectivity index (χ1) is 7.74. The summed E-state index contributed by atoms with van der Waals surface area (Å²) in [5.41, 5.74) is 2.17. The van der Waals surface area contributed by atoms with Gasteiger partial charge in [-0.25, -0.2) is 4.79 Å². The van der Waals surface area contributed by atoms with Gasteiger partial charge in [0.1, 0.15) is 5.03 Å². The van der Waals surface area contributed by atoms with Crippen LogP contribution in [0.2, 0.25) is 0 Å². The average molecular weight is 239 g/mol. The molecule has 0 saturated carbocycles. The van der Waals surface area contributed by atoms with Crippen LogP contribution in [-0.2, 0) is 17.7 Å². The fourth-order valence-corrected chi connectivity index (χ4v) is 2.00. The normalized spacial score (nSPS) is 14.4. The minimum absolute atomic E-state index is 0.334. The molecule has 1 aliphatic rings.